The normalized spacial score (nSPS) is 12.0. The van der Waals surface area contributed by atoms with Crippen LogP contribution in [0.25, 0.3) is 0 Å². The Morgan fingerprint density at radius 2 is 1.94 bits per heavy atom. The standard InChI is InChI=1S/C23H28N6O3S/c1-5-19(27(3)4)22-25-26-23(28(22)14-17-9-7-6-8-10-17)33-15-21(30)24-18-12-11-16(2)20(13-18)29(31)32/h6-13,19H,5,14-15H2,1-4H3,(H,24,30)/p+1/t19-/m1/s1. The maximum Gasteiger partial charge on any atom is 0.274 e. The number of thioether (sulfide) groups is 1. The highest BCUT2D eigenvalue weighted by molar-refractivity contribution is 7.99. The molecule has 3 aromatic rings. The molecule has 1 atom stereocenters. The summed E-state index contributed by atoms with van der Waals surface area (Å²) in [6, 6.07) is 14.9. The van der Waals surface area contributed by atoms with Crippen molar-refractivity contribution in [3.63, 3.8) is 0 Å². The van der Waals surface area contributed by atoms with E-state index < -0.39 is 4.92 Å². The van der Waals surface area contributed by atoms with Gasteiger partial charge in [0, 0.05) is 23.7 Å². The summed E-state index contributed by atoms with van der Waals surface area (Å²) in [5.74, 6) is 0.734. The van der Waals surface area contributed by atoms with E-state index in [1.807, 2.05) is 18.2 Å². The summed E-state index contributed by atoms with van der Waals surface area (Å²) in [4.78, 5) is 24.5. The van der Waals surface area contributed by atoms with E-state index in [1.165, 1.54) is 22.7 Å². The zero-order valence-corrected chi connectivity index (χ0v) is 20.1. The minimum absolute atomic E-state index is 0.0236. The molecule has 2 aromatic carbocycles. The first-order chi connectivity index (χ1) is 15.8. The second-order valence-corrected chi connectivity index (χ2v) is 8.99. The summed E-state index contributed by atoms with van der Waals surface area (Å²) >= 11 is 1.30. The Hall–Kier alpha value is -3.24. The van der Waals surface area contributed by atoms with Gasteiger partial charge >= 0.3 is 0 Å². The van der Waals surface area contributed by atoms with Crippen molar-refractivity contribution in [2.24, 2.45) is 0 Å². The summed E-state index contributed by atoms with van der Waals surface area (Å²) in [7, 11) is 4.19. The van der Waals surface area contributed by atoms with Crippen LogP contribution in [0.5, 0.6) is 0 Å². The number of rotatable bonds is 10. The van der Waals surface area contributed by atoms with Crippen LogP contribution in [-0.2, 0) is 11.3 Å². The minimum Gasteiger partial charge on any atom is -0.331 e. The third-order valence-corrected chi connectivity index (χ3v) is 6.33. The Morgan fingerprint density at radius 1 is 1.21 bits per heavy atom. The molecule has 0 aliphatic carbocycles. The quantitative estimate of drug-likeness (QED) is 0.269. The van der Waals surface area contributed by atoms with Gasteiger partial charge in [-0.1, -0.05) is 55.1 Å². The number of nitrogens with zero attached hydrogens (tertiary/aromatic N) is 4. The van der Waals surface area contributed by atoms with E-state index in [9.17, 15) is 14.9 Å². The van der Waals surface area contributed by atoms with E-state index in [0.717, 1.165) is 17.8 Å². The first-order valence-corrected chi connectivity index (χ1v) is 11.7. The lowest BCUT2D eigenvalue weighted by atomic mass is 10.2. The summed E-state index contributed by atoms with van der Waals surface area (Å²) in [5.41, 5.74) is 2.04. The number of quaternary nitrogens is 1. The Balaban J connectivity index is 1.77. The average molecular weight is 470 g/mol. The lowest BCUT2D eigenvalue weighted by Crippen LogP contribution is -3.06. The third-order valence-electron chi connectivity index (χ3n) is 5.37. The number of anilines is 1. The molecule has 0 bridgehead atoms. The minimum atomic E-state index is -0.454. The first kappa shape index (κ1) is 24.4. The fourth-order valence-electron chi connectivity index (χ4n) is 3.64. The molecule has 174 valence electrons. The van der Waals surface area contributed by atoms with Crippen LogP contribution < -0.4 is 10.2 Å². The second-order valence-electron chi connectivity index (χ2n) is 8.05. The summed E-state index contributed by atoms with van der Waals surface area (Å²) < 4.78 is 2.07. The largest absolute Gasteiger partial charge is 0.331 e. The van der Waals surface area contributed by atoms with Crippen molar-refractivity contribution < 1.29 is 14.6 Å². The van der Waals surface area contributed by atoms with Crippen molar-refractivity contribution >= 4 is 29.0 Å². The number of carbonyl (C=O) groups excluding carboxylic acids is 1. The van der Waals surface area contributed by atoms with Crippen molar-refractivity contribution in [1.82, 2.24) is 14.8 Å². The highest BCUT2D eigenvalue weighted by Crippen LogP contribution is 2.24. The maximum atomic E-state index is 12.6. The molecule has 3 rings (SSSR count). The van der Waals surface area contributed by atoms with Crippen LogP contribution >= 0.6 is 11.8 Å². The molecule has 0 aliphatic rings. The van der Waals surface area contributed by atoms with Gasteiger partial charge in [0.2, 0.25) is 5.91 Å². The highest BCUT2D eigenvalue weighted by atomic mass is 32.2. The number of hydrogen-bond acceptors (Lipinski definition) is 6. The van der Waals surface area contributed by atoms with Crippen LogP contribution in [-0.4, -0.2) is 45.4 Å². The first-order valence-electron chi connectivity index (χ1n) is 10.7. The van der Waals surface area contributed by atoms with Gasteiger partial charge < -0.3 is 10.2 Å². The van der Waals surface area contributed by atoms with Crippen LogP contribution in [0.3, 0.4) is 0 Å². The molecular weight excluding hydrogens is 440 g/mol. The van der Waals surface area contributed by atoms with E-state index >= 15 is 0 Å². The number of nitrogens with one attached hydrogen (secondary N) is 2. The van der Waals surface area contributed by atoms with Gasteiger partial charge in [0.15, 0.2) is 11.0 Å². The molecular formula is C23H29N6O3S+. The topological polar surface area (TPSA) is 107 Å². The molecule has 0 fully saturated rings. The van der Waals surface area contributed by atoms with Gasteiger partial charge in [-0.25, -0.2) is 0 Å². The predicted octanol–water partition coefficient (Wildman–Crippen LogP) is 2.87. The number of aryl methyl sites for hydroxylation is 1. The van der Waals surface area contributed by atoms with Gasteiger partial charge in [-0.15, -0.1) is 10.2 Å². The van der Waals surface area contributed by atoms with E-state index in [0.29, 0.717) is 23.0 Å². The molecule has 0 spiro atoms. The molecule has 1 amide bonds. The zero-order chi connectivity index (χ0) is 24.0. The van der Waals surface area contributed by atoms with Crippen molar-refractivity contribution in [1.29, 1.82) is 0 Å². The summed E-state index contributed by atoms with van der Waals surface area (Å²) in [6.45, 7) is 4.40. The highest BCUT2D eigenvalue weighted by Gasteiger charge is 2.25. The molecule has 1 aromatic heterocycles. The number of benzene rings is 2. The molecule has 0 aliphatic heterocycles. The van der Waals surface area contributed by atoms with Crippen LogP contribution in [0, 0.1) is 17.0 Å². The van der Waals surface area contributed by atoms with Crippen molar-refractivity contribution in [2.75, 3.05) is 25.2 Å². The molecule has 9 nitrogen and oxygen atoms in total. The number of hydrogen-bond donors (Lipinski definition) is 2. The van der Waals surface area contributed by atoms with Gasteiger partial charge in [0.05, 0.1) is 31.3 Å². The monoisotopic (exact) mass is 469 g/mol. The average Bonchev–Trinajstić information content (AvgIpc) is 3.16. The smallest absolute Gasteiger partial charge is 0.274 e. The molecule has 33 heavy (non-hydrogen) atoms. The second kappa shape index (κ2) is 11.1. The predicted molar refractivity (Wildman–Crippen MR) is 129 cm³/mol. The number of aromatic nitrogens is 3. The lowest BCUT2D eigenvalue weighted by Gasteiger charge is -2.20. The number of carbonyl (C=O) groups is 1. The molecule has 10 heteroatoms. The van der Waals surface area contributed by atoms with Crippen molar-refractivity contribution in [3.8, 4) is 0 Å². The molecule has 2 N–H and O–H groups in total. The van der Waals surface area contributed by atoms with E-state index in [2.05, 4.69) is 53.2 Å². The van der Waals surface area contributed by atoms with Gasteiger partial charge in [0.1, 0.15) is 6.04 Å². The van der Waals surface area contributed by atoms with Gasteiger partial charge in [-0.2, -0.15) is 0 Å². The van der Waals surface area contributed by atoms with E-state index in [1.54, 1.807) is 19.1 Å². The van der Waals surface area contributed by atoms with Crippen molar-refractivity contribution in [2.45, 2.75) is 38.0 Å². The fraction of sp³-hybridized carbons (Fsp3) is 0.348. The molecule has 1 heterocycles. The fourth-order valence-corrected chi connectivity index (χ4v) is 4.38. The molecule has 0 saturated heterocycles. The summed E-state index contributed by atoms with van der Waals surface area (Å²) in [6.07, 6.45) is 0.909. The van der Waals surface area contributed by atoms with Crippen LogP contribution in [0.1, 0.15) is 36.3 Å². The maximum absolute atomic E-state index is 12.6. The van der Waals surface area contributed by atoms with Crippen LogP contribution in [0.2, 0.25) is 0 Å². The molecule has 0 unspecified atom stereocenters. The van der Waals surface area contributed by atoms with Gasteiger partial charge in [0.25, 0.3) is 5.69 Å². The Kier molecular flexibility index (Phi) is 8.18. The number of amides is 1. The molecule has 0 saturated carbocycles. The lowest BCUT2D eigenvalue weighted by molar-refractivity contribution is -0.893. The van der Waals surface area contributed by atoms with E-state index in [-0.39, 0.29) is 23.4 Å². The summed E-state index contributed by atoms with van der Waals surface area (Å²) in [5, 5.41) is 23.4. The molecule has 0 radical (unpaired) electrons. The number of nitro benzene ring substituents is 1. The van der Waals surface area contributed by atoms with Crippen LogP contribution in [0.4, 0.5) is 11.4 Å². The SMILES string of the molecule is CC[C@H](c1nnc(SCC(=O)Nc2ccc(C)c([N+](=O)[O-])c2)n1Cc1ccccc1)[NH+](C)C. The Bertz CT molecular complexity index is 1120. The Labute approximate surface area is 197 Å². The number of nitro groups is 1. The van der Waals surface area contributed by atoms with Gasteiger partial charge in [-0.3, -0.25) is 19.5 Å². The van der Waals surface area contributed by atoms with Gasteiger partial charge in [-0.05, 0) is 18.6 Å². The van der Waals surface area contributed by atoms with E-state index in [4.69, 9.17) is 0 Å². The third kappa shape index (κ3) is 6.17. The zero-order valence-electron chi connectivity index (χ0n) is 19.2. The van der Waals surface area contributed by atoms with Crippen LogP contribution in [0.15, 0.2) is 53.7 Å². The Morgan fingerprint density at radius 3 is 2.58 bits per heavy atom. The van der Waals surface area contributed by atoms with Crippen molar-refractivity contribution in [3.05, 3.63) is 75.6 Å².